The predicted molar refractivity (Wildman–Crippen MR) is 51.8 cm³/mol. The molecule has 0 spiro atoms. The lowest BCUT2D eigenvalue weighted by Crippen LogP contribution is -1.92. The van der Waals surface area contributed by atoms with Crippen LogP contribution in [0.2, 0.25) is 0 Å². The molecule has 1 aromatic rings. The first-order chi connectivity index (χ1) is 5.70. The van der Waals surface area contributed by atoms with Crippen LogP contribution in [0, 0.1) is 5.82 Å². The van der Waals surface area contributed by atoms with E-state index in [1.165, 1.54) is 17.8 Å². The maximum Gasteiger partial charge on any atom is 0.161 e. The normalized spacial score (nSPS) is 9.83. The number of anilines is 1. The Hall–Kier alpha value is -1.03. The second kappa shape index (κ2) is 3.58. The highest BCUT2D eigenvalue weighted by molar-refractivity contribution is 7.98. The Morgan fingerprint density at radius 1 is 1.58 bits per heavy atom. The zero-order valence-electron chi connectivity index (χ0n) is 6.67. The number of aliphatic imine (C=N–C) groups is 1. The lowest BCUT2D eigenvalue weighted by Gasteiger charge is -2.04. The second-order valence-corrected chi connectivity index (χ2v) is 3.00. The number of hydrogen-bond acceptors (Lipinski definition) is 3. The number of rotatable bonds is 2. The quantitative estimate of drug-likeness (QED) is 0.435. The zero-order valence-corrected chi connectivity index (χ0v) is 7.49. The van der Waals surface area contributed by atoms with Gasteiger partial charge in [0, 0.05) is 0 Å². The van der Waals surface area contributed by atoms with Crippen LogP contribution in [0.1, 0.15) is 0 Å². The molecular weight excluding hydrogens is 175 g/mol. The van der Waals surface area contributed by atoms with Crippen LogP contribution in [0.3, 0.4) is 0 Å². The van der Waals surface area contributed by atoms with E-state index in [1.54, 1.807) is 12.3 Å². The highest BCUT2D eigenvalue weighted by Crippen LogP contribution is 2.32. The topological polar surface area (TPSA) is 38.4 Å². The van der Waals surface area contributed by atoms with Crippen LogP contribution in [-0.4, -0.2) is 13.0 Å². The van der Waals surface area contributed by atoms with E-state index >= 15 is 0 Å². The molecule has 0 saturated heterocycles. The third-order valence-electron chi connectivity index (χ3n) is 1.48. The SMILES string of the molecule is C=Nc1ccc(N)c(F)c1SC. The first kappa shape index (κ1) is 9.06. The lowest BCUT2D eigenvalue weighted by molar-refractivity contribution is 0.608. The Bertz CT molecular complexity index is 312. The van der Waals surface area contributed by atoms with Gasteiger partial charge in [0.2, 0.25) is 0 Å². The molecule has 0 fully saturated rings. The Morgan fingerprint density at radius 2 is 2.25 bits per heavy atom. The largest absolute Gasteiger partial charge is 0.396 e. The highest BCUT2D eigenvalue weighted by atomic mass is 32.2. The van der Waals surface area contributed by atoms with Crippen LogP contribution in [0.25, 0.3) is 0 Å². The summed E-state index contributed by atoms with van der Waals surface area (Å²) in [6.07, 6.45) is 1.77. The second-order valence-electron chi connectivity index (χ2n) is 2.18. The van der Waals surface area contributed by atoms with Gasteiger partial charge in [-0.3, -0.25) is 4.99 Å². The van der Waals surface area contributed by atoms with Gasteiger partial charge in [-0.05, 0) is 25.1 Å². The molecule has 1 rings (SSSR count). The number of nitrogen functional groups attached to an aromatic ring is 1. The summed E-state index contributed by atoms with van der Waals surface area (Å²) in [6.45, 7) is 3.34. The Labute approximate surface area is 74.7 Å². The summed E-state index contributed by atoms with van der Waals surface area (Å²) in [5.74, 6) is -0.410. The van der Waals surface area contributed by atoms with Gasteiger partial charge in [0.1, 0.15) is 0 Å². The van der Waals surface area contributed by atoms with Crippen molar-refractivity contribution in [2.24, 2.45) is 4.99 Å². The molecule has 1 aromatic carbocycles. The monoisotopic (exact) mass is 184 g/mol. The van der Waals surface area contributed by atoms with E-state index in [1.807, 2.05) is 0 Å². The summed E-state index contributed by atoms with van der Waals surface area (Å²) < 4.78 is 13.2. The van der Waals surface area contributed by atoms with Crippen molar-refractivity contribution in [3.05, 3.63) is 17.9 Å². The summed E-state index contributed by atoms with van der Waals surface area (Å²) in [6, 6.07) is 3.14. The van der Waals surface area contributed by atoms with Crippen LogP contribution in [0.4, 0.5) is 15.8 Å². The Morgan fingerprint density at radius 3 is 2.75 bits per heavy atom. The minimum absolute atomic E-state index is 0.145. The maximum absolute atomic E-state index is 13.2. The molecule has 4 heteroatoms. The van der Waals surface area contributed by atoms with Gasteiger partial charge in [-0.15, -0.1) is 11.8 Å². The van der Waals surface area contributed by atoms with E-state index in [9.17, 15) is 4.39 Å². The minimum atomic E-state index is -0.410. The van der Waals surface area contributed by atoms with E-state index in [0.717, 1.165) is 0 Å². The number of nitrogens with two attached hydrogens (primary N) is 1. The van der Waals surface area contributed by atoms with Crippen molar-refractivity contribution in [3.63, 3.8) is 0 Å². The van der Waals surface area contributed by atoms with Crippen LogP contribution < -0.4 is 5.73 Å². The van der Waals surface area contributed by atoms with E-state index in [-0.39, 0.29) is 5.69 Å². The Balaban J connectivity index is 3.35. The van der Waals surface area contributed by atoms with Crippen LogP contribution in [-0.2, 0) is 0 Å². The van der Waals surface area contributed by atoms with Gasteiger partial charge < -0.3 is 5.73 Å². The fourth-order valence-electron chi connectivity index (χ4n) is 0.880. The summed E-state index contributed by atoms with van der Waals surface area (Å²) >= 11 is 1.27. The predicted octanol–water partition coefficient (Wildman–Crippen LogP) is 2.46. The number of benzene rings is 1. The first-order valence-corrected chi connectivity index (χ1v) is 4.52. The molecular formula is C8H9FN2S. The molecule has 0 amide bonds. The summed E-state index contributed by atoms with van der Waals surface area (Å²) in [7, 11) is 0. The zero-order chi connectivity index (χ0) is 9.14. The van der Waals surface area contributed by atoms with E-state index in [0.29, 0.717) is 10.6 Å². The molecule has 0 unspecified atom stereocenters. The average molecular weight is 184 g/mol. The maximum atomic E-state index is 13.2. The van der Waals surface area contributed by atoms with Crippen molar-refractivity contribution in [1.82, 2.24) is 0 Å². The van der Waals surface area contributed by atoms with Crippen molar-refractivity contribution in [2.45, 2.75) is 4.90 Å². The molecule has 64 valence electrons. The fourth-order valence-corrected chi connectivity index (χ4v) is 1.52. The van der Waals surface area contributed by atoms with Crippen molar-refractivity contribution in [1.29, 1.82) is 0 Å². The molecule has 2 nitrogen and oxygen atoms in total. The van der Waals surface area contributed by atoms with Gasteiger partial charge >= 0.3 is 0 Å². The van der Waals surface area contributed by atoms with Crippen LogP contribution in [0.5, 0.6) is 0 Å². The standard InChI is InChI=1S/C8H9FN2S/c1-11-6-4-3-5(10)7(9)8(6)12-2/h3-4H,1,10H2,2H3. The van der Waals surface area contributed by atoms with E-state index in [2.05, 4.69) is 11.7 Å². The van der Waals surface area contributed by atoms with Gasteiger partial charge in [0.05, 0.1) is 16.3 Å². The lowest BCUT2D eigenvalue weighted by atomic mass is 10.3. The summed E-state index contributed by atoms with van der Waals surface area (Å²) in [4.78, 5) is 4.13. The molecule has 0 bridgehead atoms. The van der Waals surface area contributed by atoms with Gasteiger partial charge in [-0.2, -0.15) is 0 Å². The molecule has 0 saturated carbocycles. The van der Waals surface area contributed by atoms with Crippen molar-refractivity contribution >= 4 is 29.9 Å². The van der Waals surface area contributed by atoms with Gasteiger partial charge in [0.25, 0.3) is 0 Å². The van der Waals surface area contributed by atoms with Crippen LogP contribution in [0.15, 0.2) is 22.0 Å². The first-order valence-electron chi connectivity index (χ1n) is 3.29. The van der Waals surface area contributed by atoms with Crippen molar-refractivity contribution in [2.75, 3.05) is 12.0 Å². The molecule has 0 aliphatic carbocycles. The number of nitrogens with zero attached hydrogens (tertiary/aromatic N) is 1. The van der Waals surface area contributed by atoms with Crippen molar-refractivity contribution < 1.29 is 4.39 Å². The van der Waals surface area contributed by atoms with Gasteiger partial charge in [-0.1, -0.05) is 0 Å². The Kier molecular flexibility index (Phi) is 2.70. The molecule has 12 heavy (non-hydrogen) atoms. The molecule has 0 radical (unpaired) electrons. The minimum Gasteiger partial charge on any atom is -0.396 e. The molecule has 0 aliphatic rings. The number of halogens is 1. The summed E-state index contributed by atoms with van der Waals surface area (Å²) in [5.41, 5.74) is 6.05. The molecule has 0 aliphatic heterocycles. The smallest absolute Gasteiger partial charge is 0.161 e. The van der Waals surface area contributed by atoms with E-state index in [4.69, 9.17) is 5.73 Å². The molecule has 2 N–H and O–H groups in total. The van der Waals surface area contributed by atoms with Crippen molar-refractivity contribution in [3.8, 4) is 0 Å². The number of hydrogen-bond donors (Lipinski definition) is 1. The average Bonchev–Trinajstić information content (AvgIpc) is 2.09. The van der Waals surface area contributed by atoms with Gasteiger partial charge in [0.15, 0.2) is 5.82 Å². The third-order valence-corrected chi connectivity index (χ3v) is 2.28. The highest BCUT2D eigenvalue weighted by Gasteiger charge is 2.08. The molecule has 0 heterocycles. The summed E-state index contributed by atoms with van der Waals surface area (Å²) in [5, 5.41) is 0. The third kappa shape index (κ3) is 1.43. The molecule has 0 aromatic heterocycles. The van der Waals surface area contributed by atoms with Gasteiger partial charge in [-0.25, -0.2) is 4.39 Å². The fraction of sp³-hybridized carbons (Fsp3) is 0.125. The van der Waals surface area contributed by atoms with Crippen LogP contribution >= 0.6 is 11.8 Å². The number of thioether (sulfide) groups is 1. The van der Waals surface area contributed by atoms with E-state index < -0.39 is 5.82 Å². The molecule has 0 atom stereocenters.